The third kappa shape index (κ3) is 5.38. The molecule has 0 saturated carbocycles. The molecule has 9 nitrogen and oxygen atoms in total. The number of halogens is 1. The highest BCUT2D eigenvalue weighted by atomic mass is 28.3. The maximum Gasteiger partial charge on any atom is 0.417 e. The summed E-state index contributed by atoms with van der Waals surface area (Å²) >= 11 is 0. The van der Waals surface area contributed by atoms with Crippen molar-refractivity contribution in [2.24, 2.45) is 0 Å². The number of aryl methyl sites for hydroxylation is 1. The molecule has 4 aromatic rings. The number of fused-ring (bicyclic) bond motifs is 1. The van der Waals surface area contributed by atoms with Gasteiger partial charge in [-0.25, -0.2) is 24.6 Å². The number of aliphatic hydroxyl groups excluding tert-OH is 1. The van der Waals surface area contributed by atoms with Gasteiger partial charge in [0, 0.05) is 35.0 Å². The number of rotatable bonds is 10. The molecule has 1 unspecified atom stereocenters. The summed E-state index contributed by atoms with van der Waals surface area (Å²) in [6, 6.07) is 7.77. The molecule has 11 heteroatoms. The van der Waals surface area contributed by atoms with Gasteiger partial charge in [0.2, 0.25) is 11.8 Å². The second kappa shape index (κ2) is 12.2. The van der Waals surface area contributed by atoms with E-state index >= 15 is 4.39 Å². The number of carboxylic acid groups (broad SMARTS) is 1. The minimum Gasteiger partial charge on any atom is -0.478 e. The number of amides is 1. The molecule has 0 radical (unpaired) electrons. The van der Waals surface area contributed by atoms with Crippen LogP contribution >= 0.6 is 0 Å². The molecule has 0 saturated heterocycles. The Bertz CT molecular complexity index is 1550. The Hall–Kier alpha value is -3.83. The molecule has 1 amide bonds. The fourth-order valence-electron chi connectivity index (χ4n) is 6.59. The van der Waals surface area contributed by atoms with Gasteiger partial charge in [0.05, 0.1) is 18.5 Å². The molecule has 1 atom stereocenters. The standard InChI is InChI=1S/C31H40FN5O4Si/c1-9-41-27-13-10-22(16-33-27)37(31(39)40)26-12-11-23(29(32)35-26)28(38)25-17-36(30-24(25)14-21(8)15-34-30)42(18(2)3,19(4)5)20(6)7/h10-20,28,38H,9H2,1-8H3,(H,39,40). The van der Waals surface area contributed by atoms with Crippen LogP contribution in [0, 0.1) is 12.9 Å². The number of hydrogen-bond acceptors (Lipinski definition) is 6. The predicted molar refractivity (Wildman–Crippen MR) is 165 cm³/mol. The van der Waals surface area contributed by atoms with Crippen molar-refractivity contribution >= 4 is 36.9 Å². The molecule has 0 fully saturated rings. The van der Waals surface area contributed by atoms with Crippen molar-refractivity contribution in [3.8, 4) is 5.88 Å². The highest BCUT2D eigenvalue weighted by Crippen LogP contribution is 2.45. The van der Waals surface area contributed by atoms with E-state index < -0.39 is 26.4 Å². The number of carbonyl (C=O) groups is 1. The van der Waals surface area contributed by atoms with Gasteiger partial charge >= 0.3 is 6.09 Å². The summed E-state index contributed by atoms with van der Waals surface area (Å²) in [6.07, 6.45) is 2.39. The van der Waals surface area contributed by atoms with Crippen molar-refractivity contribution in [3.05, 3.63) is 71.6 Å². The van der Waals surface area contributed by atoms with Gasteiger partial charge in [0.25, 0.3) is 0 Å². The number of aromatic nitrogens is 4. The largest absolute Gasteiger partial charge is 0.478 e. The van der Waals surface area contributed by atoms with Gasteiger partial charge in [-0.15, -0.1) is 0 Å². The van der Waals surface area contributed by atoms with Gasteiger partial charge in [0.15, 0.2) is 8.24 Å². The Kier molecular flexibility index (Phi) is 9.03. The molecule has 0 aliphatic rings. The van der Waals surface area contributed by atoms with E-state index in [0.29, 0.717) is 34.7 Å². The van der Waals surface area contributed by atoms with Gasteiger partial charge in [-0.2, -0.15) is 4.39 Å². The molecule has 0 aliphatic carbocycles. The SMILES string of the molecule is CCOc1ccc(N(C(=O)O)c2ccc(C(O)c3cn([Si](C(C)C)(C(C)C)C(C)C)c4ncc(C)cc34)c(F)n2)cn1. The molecular weight excluding hydrogens is 553 g/mol. The summed E-state index contributed by atoms with van der Waals surface area (Å²) in [5, 5.41) is 22.3. The molecular formula is C31H40FN5O4Si. The second-order valence-electron chi connectivity index (χ2n) is 11.5. The maximum atomic E-state index is 15.7. The smallest absolute Gasteiger partial charge is 0.417 e. The monoisotopic (exact) mass is 593 g/mol. The van der Waals surface area contributed by atoms with E-state index in [1.54, 1.807) is 0 Å². The van der Waals surface area contributed by atoms with Crippen molar-refractivity contribution < 1.29 is 24.1 Å². The van der Waals surface area contributed by atoms with Gasteiger partial charge in [-0.05, 0) is 60.3 Å². The van der Waals surface area contributed by atoms with Crippen LogP contribution in [0.15, 0.2) is 48.9 Å². The highest BCUT2D eigenvalue weighted by Gasteiger charge is 2.46. The minimum absolute atomic E-state index is 0.0552. The topological polar surface area (TPSA) is 114 Å². The Morgan fingerprint density at radius 2 is 1.69 bits per heavy atom. The molecule has 224 valence electrons. The summed E-state index contributed by atoms with van der Waals surface area (Å²) in [7, 11) is -2.26. The lowest BCUT2D eigenvalue weighted by atomic mass is 10.0. The van der Waals surface area contributed by atoms with Crippen LogP contribution in [0.1, 0.15) is 71.3 Å². The van der Waals surface area contributed by atoms with E-state index in [1.807, 2.05) is 32.3 Å². The van der Waals surface area contributed by atoms with E-state index in [9.17, 15) is 15.0 Å². The van der Waals surface area contributed by atoms with Gasteiger partial charge in [-0.1, -0.05) is 41.5 Å². The van der Waals surface area contributed by atoms with Crippen LogP contribution in [0.25, 0.3) is 11.0 Å². The van der Waals surface area contributed by atoms with Gasteiger partial charge < -0.3 is 19.2 Å². The lowest BCUT2D eigenvalue weighted by Crippen LogP contribution is -2.51. The minimum atomic E-state index is -2.26. The van der Waals surface area contributed by atoms with Crippen molar-refractivity contribution in [2.75, 3.05) is 11.5 Å². The van der Waals surface area contributed by atoms with Crippen molar-refractivity contribution in [3.63, 3.8) is 0 Å². The molecule has 0 aromatic carbocycles. The highest BCUT2D eigenvalue weighted by molar-refractivity contribution is 6.82. The summed E-state index contributed by atoms with van der Waals surface area (Å²) in [4.78, 5) is 25.9. The van der Waals surface area contributed by atoms with Crippen molar-refractivity contribution in [1.29, 1.82) is 0 Å². The number of pyridine rings is 3. The number of aliphatic hydroxyl groups is 1. The molecule has 4 aromatic heterocycles. The zero-order chi connectivity index (χ0) is 30.9. The number of ether oxygens (including phenoxy) is 1. The van der Waals surface area contributed by atoms with E-state index in [-0.39, 0.29) is 17.1 Å². The van der Waals surface area contributed by atoms with Crippen LogP contribution in [-0.4, -0.2) is 50.3 Å². The molecule has 4 rings (SSSR count). The maximum absolute atomic E-state index is 15.7. The van der Waals surface area contributed by atoms with E-state index in [4.69, 9.17) is 9.72 Å². The van der Waals surface area contributed by atoms with Crippen LogP contribution in [0.3, 0.4) is 0 Å². The first-order valence-electron chi connectivity index (χ1n) is 14.3. The van der Waals surface area contributed by atoms with E-state index in [1.165, 1.54) is 30.5 Å². The van der Waals surface area contributed by atoms with Crippen molar-refractivity contribution in [2.45, 2.75) is 78.1 Å². The second-order valence-corrected chi connectivity index (χ2v) is 17.3. The predicted octanol–water partition coefficient (Wildman–Crippen LogP) is 7.59. The number of nitrogens with zero attached hydrogens (tertiary/aromatic N) is 5. The summed E-state index contributed by atoms with van der Waals surface area (Å²) in [6.45, 7) is 17.7. The zero-order valence-electron chi connectivity index (χ0n) is 25.5. The average Bonchev–Trinajstić information content (AvgIpc) is 3.28. The Morgan fingerprint density at radius 1 is 1.02 bits per heavy atom. The zero-order valence-corrected chi connectivity index (χ0v) is 26.5. The molecule has 42 heavy (non-hydrogen) atoms. The number of hydrogen-bond donors (Lipinski definition) is 2. The first-order valence-corrected chi connectivity index (χ1v) is 16.5. The van der Waals surface area contributed by atoms with E-state index in [2.05, 4.69) is 55.7 Å². The first kappa shape index (κ1) is 31.1. The van der Waals surface area contributed by atoms with Gasteiger partial charge in [0.1, 0.15) is 17.6 Å². The summed E-state index contributed by atoms with van der Waals surface area (Å²) < 4.78 is 23.3. The van der Waals surface area contributed by atoms with Crippen molar-refractivity contribution in [1.82, 2.24) is 19.2 Å². The van der Waals surface area contributed by atoms with Crippen LogP contribution in [-0.2, 0) is 0 Å². The molecule has 0 spiro atoms. The lowest BCUT2D eigenvalue weighted by molar-refractivity contribution is 0.204. The fraction of sp³-hybridized carbons (Fsp3) is 0.419. The third-order valence-electron chi connectivity index (χ3n) is 8.15. The van der Waals surface area contributed by atoms with Crippen LogP contribution < -0.4 is 9.64 Å². The summed E-state index contributed by atoms with van der Waals surface area (Å²) in [5.41, 5.74) is 3.48. The normalized spacial score (nSPS) is 12.9. The van der Waals surface area contributed by atoms with E-state index in [0.717, 1.165) is 21.5 Å². The molecule has 0 bridgehead atoms. The van der Waals surface area contributed by atoms with Crippen LogP contribution in [0.4, 0.5) is 20.7 Å². The number of anilines is 2. The van der Waals surface area contributed by atoms with Gasteiger partial charge in [-0.3, -0.25) is 0 Å². The fourth-order valence-corrected chi connectivity index (χ4v) is 13.2. The third-order valence-corrected chi connectivity index (χ3v) is 14.9. The summed E-state index contributed by atoms with van der Waals surface area (Å²) in [5.74, 6) is -0.785. The Labute approximate surface area is 247 Å². The average molecular weight is 594 g/mol. The Balaban J connectivity index is 1.82. The quantitative estimate of drug-likeness (QED) is 0.144. The molecule has 2 N–H and O–H groups in total. The molecule has 4 heterocycles. The van der Waals surface area contributed by atoms with Crippen LogP contribution in [0.2, 0.25) is 16.6 Å². The molecule has 0 aliphatic heterocycles. The lowest BCUT2D eigenvalue weighted by Gasteiger charge is -2.44. The Morgan fingerprint density at radius 3 is 2.21 bits per heavy atom. The van der Waals surface area contributed by atoms with Crippen LogP contribution in [0.5, 0.6) is 5.88 Å². The first-order chi connectivity index (χ1) is 19.8.